The highest BCUT2D eigenvalue weighted by atomic mass is 16.5. The summed E-state index contributed by atoms with van der Waals surface area (Å²) in [5.41, 5.74) is 1.76. The lowest BCUT2D eigenvalue weighted by molar-refractivity contribution is 0.0449. The SMILES string of the molecule is C=CCc1ccc(O[C@H](C)[C@@H](O)c2ccc(OC)c(OC)c2)c(OC)c1. The Kier molecular flexibility index (Phi) is 6.92. The second kappa shape index (κ2) is 9.15. The van der Waals surface area contributed by atoms with Crippen molar-refractivity contribution in [1.29, 1.82) is 0 Å². The van der Waals surface area contributed by atoms with E-state index in [1.165, 1.54) is 0 Å². The van der Waals surface area contributed by atoms with Gasteiger partial charge in [0.2, 0.25) is 0 Å². The molecule has 2 rings (SSSR count). The summed E-state index contributed by atoms with van der Waals surface area (Å²) in [5, 5.41) is 10.7. The van der Waals surface area contributed by atoms with Gasteiger partial charge in [0, 0.05) is 0 Å². The third-order valence-electron chi connectivity index (χ3n) is 4.11. The van der Waals surface area contributed by atoms with Crippen LogP contribution in [0.2, 0.25) is 0 Å². The molecule has 0 aliphatic rings. The Bertz CT molecular complexity index is 741. The zero-order valence-corrected chi connectivity index (χ0v) is 15.7. The molecule has 0 spiro atoms. The summed E-state index contributed by atoms with van der Waals surface area (Å²) in [7, 11) is 4.72. The third kappa shape index (κ3) is 4.49. The van der Waals surface area contributed by atoms with Gasteiger partial charge in [-0.1, -0.05) is 18.2 Å². The van der Waals surface area contributed by atoms with Gasteiger partial charge >= 0.3 is 0 Å². The lowest BCUT2D eigenvalue weighted by atomic mass is 10.0. The van der Waals surface area contributed by atoms with Crippen LogP contribution in [-0.2, 0) is 6.42 Å². The van der Waals surface area contributed by atoms with Crippen LogP contribution in [0.25, 0.3) is 0 Å². The van der Waals surface area contributed by atoms with Crippen molar-refractivity contribution in [3.8, 4) is 23.0 Å². The van der Waals surface area contributed by atoms with Gasteiger partial charge in [0.25, 0.3) is 0 Å². The minimum atomic E-state index is -0.840. The number of aliphatic hydroxyl groups excluding tert-OH is 1. The Hall–Kier alpha value is -2.66. The van der Waals surface area contributed by atoms with Gasteiger partial charge in [0.15, 0.2) is 23.0 Å². The highest BCUT2D eigenvalue weighted by Gasteiger charge is 2.21. The van der Waals surface area contributed by atoms with Gasteiger partial charge in [-0.05, 0) is 48.7 Å². The van der Waals surface area contributed by atoms with E-state index in [1.54, 1.807) is 46.5 Å². The first-order valence-electron chi connectivity index (χ1n) is 8.38. The van der Waals surface area contributed by atoms with Crippen molar-refractivity contribution < 1.29 is 24.1 Å². The lowest BCUT2D eigenvalue weighted by Crippen LogP contribution is -2.22. The molecule has 0 amide bonds. The van der Waals surface area contributed by atoms with Crippen LogP contribution in [0.4, 0.5) is 0 Å². The number of hydrogen-bond acceptors (Lipinski definition) is 5. The van der Waals surface area contributed by atoms with Crippen molar-refractivity contribution in [2.24, 2.45) is 0 Å². The van der Waals surface area contributed by atoms with Crippen molar-refractivity contribution in [2.45, 2.75) is 25.6 Å². The van der Waals surface area contributed by atoms with Crippen LogP contribution in [0.5, 0.6) is 23.0 Å². The Labute approximate surface area is 154 Å². The molecule has 0 saturated heterocycles. The Morgan fingerprint density at radius 1 is 0.923 bits per heavy atom. The Morgan fingerprint density at radius 2 is 1.54 bits per heavy atom. The van der Waals surface area contributed by atoms with E-state index < -0.39 is 12.2 Å². The minimum absolute atomic E-state index is 0.493. The molecule has 2 aromatic rings. The van der Waals surface area contributed by atoms with Crippen LogP contribution in [0.3, 0.4) is 0 Å². The van der Waals surface area contributed by atoms with Gasteiger partial charge in [-0.15, -0.1) is 6.58 Å². The molecule has 5 heteroatoms. The van der Waals surface area contributed by atoms with E-state index in [9.17, 15) is 5.11 Å². The maximum absolute atomic E-state index is 10.7. The number of aliphatic hydroxyl groups is 1. The molecule has 140 valence electrons. The average Bonchev–Trinajstić information content (AvgIpc) is 2.67. The van der Waals surface area contributed by atoms with Crippen LogP contribution in [0.1, 0.15) is 24.2 Å². The molecule has 2 aromatic carbocycles. The molecule has 0 bridgehead atoms. The average molecular weight is 358 g/mol. The topological polar surface area (TPSA) is 57.2 Å². The summed E-state index contributed by atoms with van der Waals surface area (Å²) in [6.45, 7) is 5.55. The van der Waals surface area contributed by atoms with E-state index in [2.05, 4.69) is 6.58 Å². The number of allylic oxidation sites excluding steroid dienone is 1. The number of hydrogen-bond donors (Lipinski definition) is 1. The van der Waals surface area contributed by atoms with Crippen LogP contribution in [0, 0.1) is 0 Å². The first kappa shape index (κ1) is 19.7. The zero-order chi connectivity index (χ0) is 19.1. The summed E-state index contributed by atoms with van der Waals surface area (Å²) in [6, 6.07) is 11.0. The summed E-state index contributed by atoms with van der Waals surface area (Å²) in [4.78, 5) is 0. The van der Waals surface area contributed by atoms with Gasteiger partial charge in [0.05, 0.1) is 21.3 Å². The monoisotopic (exact) mass is 358 g/mol. The smallest absolute Gasteiger partial charge is 0.161 e. The van der Waals surface area contributed by atoms with Crippen LogP contribution >= 0.6 is 0 Å². The van der Waals surface area contributed by atoms with E-state index in [-0.39, 0.29) is 0 Å². The fraction of sp³-hybridized carbons (Fsp3) is 0.333. The normalized spacial score (nSPS) is 12.8. The Balaban J connectivity index is 2.18. The molecular formula is C21H26O5. The van der Waals surface area contributed by atoms with Crippen molar-refractivity contribution in [1.82, 2.24) is 0 Å². The molecule has 0 aromatic heterocycles. The second-order valence-electron chi connectivity index (χ2n) is 5.86. The molecule has 2 atom stereocenters. The van der Waals surface area contributed by atoms with Crippen molar-refractivity contribution in [2.75, 3.05) is 21.3 Å². The zero-order valence-electron chi connectivity index (χ0n) is 15.7. The molecule has 0 fully saturated rings. The van der Waals surface area contributed by atoms with Crippen LogP contribution in [-0.4, -0.2) is 32.5 Å². The fourth-order valence-electron chi connectivity index (χ4n) is 2.68. The van der Waals surface area contributed by atoms with Gasteiger partial charge in [-0.2, -0.15) is 0 Å². The van der Waals surface area contributed by atoms with E-state index in [0.717, 1.165) is 12.0 Å². The Morgan fingerprint density at radius 3 is 2.15 bits per heavy atom. The standard InChI is InChI=1S/C21H26O5/c1-6-7-15-8-10-18(19(12-15)24-4)26-14(2)21(22)16-9-11-17(23-3)20(13-16)25-5/h6,8-14,21-22H,1,7H2,2-5H3/t14-,21-/m1/s1. The van der Waals surface area contributed by atoms with Crippen LogP contribution in [0.15, 0.2) is 49.1 Å². The van der Waals surface area contributed by atoms with Crippen molar-refractivity contribution in [3.05, 3.63) is 60.2 Å². The lowest BCUT2D eigenvalue weighted by Gasteiger charge is -2.23. The van der Waals surface area contributed by atoms with Gasteiger partial charge in [-0.3, -0.25) is 0 Å². The molecule has 1 N–H and O–H groups in total. The van der Waals surface area contributed by atoms with Gasteiger partial charge < -0.3 is 24.1 Å². The fourth-order valence-corrected chi connectivity index (χ4v) is 2.68. The molecule has 0 saturated carbocycles. The first-order valence-corrected chi connectivity index (χ1v) is 8.38. The highest BCUT2D eigenvalue weighted by Crippen LogP contribution is 2.34. The molecule has 0 radical (unpaired) electrons. The maximum atomic E-state index is 10.7. The molecule has 0 heterocycles. The van der Waals surface area contributed by atoms with Crippen LogP contribution < -0.4 is 18.9 Å². The predicted molar refractivity (Wildman–Crippen MR) is 101 cm³/mol. The molecule has 5 nitrogen and oxygen atoms in total. The summed E-state index contributed by atoms with van der Waals surface area (Å²) in [5.74, 6) is 2.36. The molecule has 0 aliphatic carbocycles. The predicted octanol–water partition coefficient (Wildman–Crippen LogP) is 3.94. The van der Waals surface area contributed by atoms with Gasteiger partial charge in [-0.25, -0.2) is 0 Å². The molecular weight excluding hydrogens is 332 g/mol. The van der Waals surface area contributed by atoms with Gasteiger partial charge in [0.1, 0.15) is 12.2 Å². The minimum Gasteiger partial charge on any atom is -0.493 e. The maximum Gasteiger partial charge on any atom is 0.161 e. The number of ether oxygens (including phenoxy) is 4. The van der Waals surface area contributed by atoms with Crippen molar-refractivity contribution >= 4 is 0 Å². The van der Waals surface area contributed by atoms with Crippen molar-refractivity contribution in [3.63, 3.8) is 0 Å². The van der Waals surface area contributed by atoms with E-state index in [1.807, 2.05) is 24.3 Å². The quantitative estimate of drug-likeness (QED) is 0.688. The van der Waals surface area contributed by atoms with E-state index >= 15 is 0 Å². The number of rotatable bonds is 9. The summed E-state index contributed by atoms with van der Waals surface area (Å²) < 4.78 is 21.9. The first-order chi connectivity index (χ1) is 12.5. The summed E-state index contributed by atoms with van der Waals surface area (Å²) in [6.07, 6.45) is 1.25. The number of benzene rings is 2. The second-order valence-corrected chi connectivity index (χ2v) is 5.86. The number of methoxy groups -OCH3 is 3. The molecule has 0 unspecified atom stereocenters. The third-order valence-corrected chi connectivity index (χ3v) is 4.11. The molecule has 26 heavy (non-hydrogen) atoms. The largest absolute Gasteiger partial charge is 0.493 e. The summed E-state index contributed by atoms with van der Waals surface area (Å²) >= 11 is 0. The molecule has 0 aliphatic heterocycles. The van der Waals surface area contributed by atoms with E-state index in [4.69, 9.17) is 18.9 Å². The van der Waals surface area contributed by atoms with E-state index in [0.29, 0.717) is 28.6 Å². The highest BCUT2D eigenvalue weighted by molar-refractivity contribution is 5.45.